The Morgan fingerprint density at radius 2 is 1.83 bits per heavy atom. The van der Waals surface area contributed by atoms with Crippen molar-refractivity contribution < 1.29 is 0 Å². The Hall–Kier alpha value is -1.19. The van der Waals surface area contributed by atoms with Gasteiger partial charge < -0.3 is 0 Å². The van der Waals surface area contributed by atoms with Crippen molar-refractivity contribution in [3.63, 3.8) is 0 Å². The predicted molar refractivity (Wildman–Crippen MR) is 94.0 cm³/mol. The highest BCUT2D eigenvalue weighted by atomic mass is 15.3. The predicted octanol–water partition coefficient (Wildman–Crippen LogP) is 3.19. The third-order valence-electron chi connectivity index (χ3n) is 6.57. The van der Waals surface area contributed by atoms with Crippen molar-refractivity contribution in [2.75, 3.05) is 32.7 Å². The number of piperazine rings is 1. The van der Waals surface area contributed by atoms with Crippen molar-refractivity contribution in [3.05, 3.63) is 41.7 Å². The summed E-state index contributed by atoms with van der Waals surface area (Å²) in [5.74, 6) is 1.80. The molecule has 2 fully saturated rings. The van der Waals surface area contributed by atoms with Gasteiger partial charge in [0.2, 0.25) is 0 Å². The van der Waals surface area contributed by atoms with E-state index in [0.717, 1.165) is 18.4 Å². The summed E-state index contributed by atoms with van der Waals surface area (Å²) in [5.41, 5.74) is 3.49. The first-order valence-corrected chi connectivity index (χ1v) is 9.16. The first-order valence-electron chi connectivity index (χ1n) is 9.16. The number of pyridine rings is 1. The second kappa shape index (κ2) is 6.03. The largest absolute Gasteiger partial charge is 0.297 e. The van der Waals surface area contributed by atoms with E-state index < -0.39 is 0 Å². The van der Waals surface area contributed by atoms with E-state index in [9.17, 15) is 0 Å². The first-order chi connectivity index (χ1) is 11.1. The topological polar surface area (TPSA) is 19.4 Å². The molecule has 0 unspecified atom stereocenters. The molecule has 0 amide bonds. The average Bonchev–Trinajstić information content (AvgIpc) is 2.57. The highest BCUT2D eigenvalue weighted by Gasteiger charge is 2.51. The minimum Gasteiger partial charge on any atom is -0.297 e. The number of nitrogens with zero attached hydrogens (tertiary/aromatic N) is 3. The fourth-order valence-corrected chi connectivity index (χ4v) is 4.74. The Morgan fingerprint density at radius 1 is 1.09 bits per heavy atom. The van der Waals surface area contributed by atoms with Gasteiger partial charge in [-0.2, -0.15) is 0 Å². The minimum absolute atomic E-state index is 0.560. The molecule has 1 aliphatic heterocycles. The molecule has 0 spiro atoms. The van der Waals surface area contributed by atoms with Crippen LogP contribution in [0.3, 0.4) is 0 Å². The maximum atomic E-state index is 4.45. The van der Waals surface area contributed by atoms with E-state index in [0.29, 0.717) is 5.41 Å². The molecule has 1 aromatic rings. The summed E-state index contributed by atoms with van der Waals surface area (Å²) in [6.07, 6.45) is 7.22. The van der Waals surface area contributed by atoms with Gasteiger partial charge in [-0.15, -0.1) is 0 Å². The number of rotatable bonds is 4. The van der Waals surface area contributed by atoms with Crippen LogP contribution in [0.1, 0.15) is 32.4 Å². The smallest absolute Gasteiger partial charge is 0.0543 e. The molecule has 2 atom stereocenters. The molecule has 1 saturated heterocycles. The second-order valence-corrected chi connectivity index (χ2v) is 8.19. The number of hydrogen-bond donors (Lipinski definition) is 0. The highest BCUT2D eigenvalue weighted by Crippen LogP contribution is 2.59. The van der Waals surface area contributed by atoms with Crippen LogP contribution < -0.4 is 0 Å². The summed E-state index contributed by atoms with van der Waals surface area (Å²) in [4.78, 5) is 9.65. The molecular weight excluding hydrogens is 282 g/mol. The summed E-state index contributed by atoms with van der Waals surface area (Å²) in [7, 11) is 0. The Balaban J connectivity index is 1.28. The molecule has 1 aromatic heterocycles. The molecule has 4 aliphatic rings. The van der Waals surface area contributed by atoms with Crippen LogP contribution in [-0.4, -0.2) is 47.5 Å². The molecule has 2 heterocycles. The maximum Gasteiger partial charge on any atom is 0.0543 e. The van der Waals surface area contributed by atoms with Crippen LogP contribution in [-0.2, 0) is 6.54 Å². The molecule has 0 N–H and O–H groups in total. The van der Waals surface area contributed by atoms with E-state index in [1.807, 2.05) is 12.3 Å². The van der Waals surface area contributed by atoms with Gasteiger partial charge >= 0.3 is 0 Å². The van der Waals surface area contributed by atoms with Crippen LogP contribution >= 0.6 is 0 Å². The van der Waals surface area contributed by atoms with Gasteiger partial charge in [0, 0.05) is 45.5 Å². The minimum atomic E-state index is 0.560. The number of hydrogen-bond acceptors (Lipinski definition) is 3. The average molecular weight is 311 g/mol. The fraction of sp³-hybridized carbons (Fsp3) is 0.650. The van der Waals surface area contributed by atoms with Crippen LogP contribution in [0.2, 0.25) is 0 Å². The zero-order valence-corrected chi connectivity index (χ0v) is 14.5. The molecule has 23 heavy (non-hydrogen) atoms. The van der Waals surface area contributed by atoms with Crippen molar-refractivity contribution in [3.8, 4) is 0 Å². The SMILES string of the molecule is CC1(C)[C@H]2CC=C(CN3CCN(Cc4ccccn4)CC3)[C@@H]1C2. The zero-order chi connectivity index (χ0) is 15.9. The molecular formula is C20H29N3. The molecule has 3 heteroatoms. The first kappa shape index (κ1) is 15.3. The summed E-state index contributed by atoms with van der Waals surface area (Å²) in [6, 6.07) is 6.21. The van der Waals surface area contributed by atoms with Gasteiger partial charge in [0.05, 0.1) is 5.69 Å². The van der Waals surface area contributed by atoms with Gasteiger partial charge in [0.1, 0.15) is 0 Å². The third-order valence-corrected chi connectivity index (χ3v) is 6.57. The van der Waals surface area contributed by atoms with Crippen molar-refractivity contribution in [1.82, 2.24) is 14.8 Å². The molecule has 3 aliphatic carbocycles. The summed E-state index contributed by atoms with van der Waals surface area (Å²) < 4.78 is 0. The molecule has 5 rings (SSSR count). The van der Waals surface area contributed by atoms with E-state index in [-0.39, 0.29) is 0 Å². The molecule has 124 valence electrons. The Labute approximate surface area is 140 Å². The van der Waals surface area contributed by atoms with E-state index in [2.05, 4.69) is 46.8 Å². The van der Waals surface area contributed by atoms with Gasteiger partial charge in [0.15, 0.2) is 0 Å². The second-order valence-electron chi connectivity index (χ2n) is 8.19. The number of allylic oxidation sites excluding steroid dienone is 1. The molecule has 0 radical (unpaired) electrons. The standard InChI is InChI=1S/C20H29N3/c1-20(2)17-7-6-16(19(20)13-17)14-22-9-11-23(12-10-22)15-18-5-3-4-8-21-18/h3-6,8,17,19H,7,9-15H2,1-2H3/t17-,19-/m0/s1. The summed E-state index contributed by atoms with van der Waals surface area (Å²) >= 11 is 0. The van der Waals surface area contributed by atoms with Gasteiger partial charge in [-0.3, -0.25) is 14.8 Å². The van der Waals surface area contributed by atoms with E-state index in [1.165, 1.54) is 51.3 Å². The number of aromatic nitrogens is 1. The Morgan fingerprint density at radius 3 is 2.43 bits per heavy atom. The van der Waals surface area contributed by atoms with E-state index in [1.54, 1.807) is 5.57 Å². The van der Waals surface area contributed by atoms with Gasteiger partial charge in [-0.05, 0) is 42.2 Å². The van der Waals surface area contributed by atoms with Crippen molar-refractivity contribution in [1.29, 1.82) is 0 Å². The molecule has 2 bridgehead atoms. The van der Waals surface area contributed by atoms with Crippen molar-refractivity contribution in [2.45, 2.75) is 33.2 Å². The zero-order valence-electron chi connectivity index (χ0n) is 14.5. The van der Waals surface area contributed by atoms with E-state index in [4.69, 9.17) is 0 Å². The van der Waals surface area contributed by atoms with Crippen LogP contribution in [0.25, 0.3) is 0 Å². The lowest BCUT2D eigenvalue weighted by Crippen LogP contribution is -2.52. The molecule has 3 nitrogen and oxygen atoms in total. The Kier molecular flexibility index (Phi) is 4.02. The third kappa shape index (κ3) is 2.97. The number of fused-ring (bicyclic) bond motifs is 1. The Bertz CT molecular complexity index is 570. The monoisotopic (exact) mass is 311 g/mol. The highest BCUT2D eigenvalue weighted by molar-refractivity contribution is 5.24. The lowest BCUT2D eigenvalue weighted by Gasteiger charge is -2.57. The fourth-order valence-electron chi connectivity index (χ4n) is 4.74. The van der Waals surface area contributed by atoms with Gasteiger partial charge in [0.25, 0.3) is 0 Å². The van der Waals surface area contributed by atoms with Crippen LogP contribution in [0, 0.1) is 17.3 Å². The molecule has 0 aromatic carbocycles. The van der Waals surface area contributed by atoms with Crippen LogP contribution in [0.5, 0.6) is 0 Å². The lowest BCUT2D eigenvalue weighted by molar-refractivity contribution is -0.0121. The summed E-state index contributed by atoms with van der Waals surface area (Å²) in [6.45, 7) is 11.9. The van der Waals surface area contributed by atoms with E-state index >= 15 is 0 Å². The summed E-state index contributed by atoms with van der Waals surface area (Å²) in [5, 5.41) is 0. The normalized spacial score (nSPS) is 30.6. The van der Waals surface area contributed by atoms with Crippen LogP contribution in [0.4, 0.5) is 0 Å². The van der Waals surface area contributed by atoms with Gasteiger partial charge in [-0.25, -0.2) is 0 Å². The van der Waals surface area contributed by atoms with Gasteiger partial charge in [-0.1, -0.05) is 31.6 Å². The van der Waals surface area contributed by atoms with Crippen molar-refractivity contribution >= 4 is 0 Å². The maximum absolute atomic E-state index is 4.45. The van der Waals surface area contributed by atoms with Crippen molar-refractivity contribution in [2.24, 2.45) is 17.3 Å². The lowest BCUT2D eigenvalue weighted by atomic mass is 9.49. The quantitative estimate of drug-likeness (QED) is 0.796. The van der Waals surface area contributed by atoms with Crippen LogP contribution in [0.15, 0.2) is 36.0 Å². The molecule has 1 saturated carbocycles.